The Bertz CT molecular complexity index is 693. The summed E-state index contributed by atoms with van der Waals surface area (Å²) in [6.45, 7) is 1.38. The number of para-hydroxylation sites is 2. The van der Waals surface area contributed by atoms with Gasteiger partial charge in [-0.05, 0) is 25.2 Å². The van der Waals surface area contributed by atoms with Crippen LogP contribution in [0, 0.1) is 17.2 Å². The van der Waals surface area contributed by atoms with Crippen molar-refractivity contribution >= 4 is 0 Å². The molecular weight excluding hydrogens is 276 g/mol. The number of nitrogens with one attached hydrogen (secondary N) is 1. The van der Waals surface area contributed by atoms with E-state index in [0.29, 0.717) is 17.9 Å². The average Bonchev–Trinajstić information content (AvgIpc) is 2.57. The van der Waals surface area contributed by atoms with E-state index in [-0.39, 0.29) is 12.0 Å². The van der Waals surface area contributed by atoms with Crippen LogP contribution in [0.4, 0.5) is 0 Å². The fourth-order valence-electron chi connectivity index (χ4n) is 2.77. The molecule has 2 aromatic carbocycles. The lowest BCUT2D eigenvalue weighted by molar-refractivity contribution is 0.0702. The molecule has 0 aromatic heterocycles. The topological polar surface area (TPSA) is 54.3 Å². The minimum Gasteiger partial charge on any atom is -0.493 e. The second kappa shape index (κ2) is 6.50. The van der Waals surface area contributed by atoms with Crippen molar-refractivity contribution in [3.63, 3.8) is 0 Å². The van der Waals surface area contributed by atoms with Crippen LogP contribution in [0.5, 0.6) is 11.5 Å². The Balaban J connectivity index is 1.96. The molecule has 22 heavy (non-hydrogen) atoms. The van der Waals surface area contributed by atoms with Crippen LogP contribution < -0.4 is 14.8 Å². The van der Waals surface area contributed by atoms with Crippen LogP contribution >= 0.6 is 0 Å². The summed E-state index contributed by atoms with van der Waals surface area (Å²) in [6, 6.07) is 17.4. The first-order chi connectivity index (χ1) is 10.8. The van der Waals surface area contributed by atoms with Crippen molar-refractivity contribution in [2.75, 3.05) is 20.2 Å². The fraction of sp³-hybridized carbons (Fsp3) is 0.278. The van der Waals surface area contributed by atoms with Crippen LogP contribution in [0.2, 0.25) is 0 Å². The van der Waals surface area contributed by atoms with Crippen LogP contribution in [0.1, 0.15) is 17.2 Å². The van der Waals surface area contributed by atoms with Crippen LogP contribution in [0.25, 0.3) is 0 Å². The Morgan fingerprint density at radius 2 is 2.00 bits per heavy atom. The van der Waals surface area contributed by atoms with Gasteiger partial charge in [-0.3, -0.25) is 0 Å². The smallest absolute Gasteiger partial charge is 0.138 e. The number of ether oxygens (including phenoxy) is 2. The van der Waals surface area contributed by atoms with E-state index in [4.69, 9.17) is 9.47 Å². The summed E-state index contributed by atoms with van der Waals surface area (Å²) in [6.07, 6.45) is -0.133. The van der Waals surface area contributed by atoms with E-state index in [9.17, 15) is 5.26 Å². The first-order valence-electron chi connectivity index (χ1n) is 7.35. The number of hydrogen-bond donors (Lipinski definition) is 1. The summed E-state index contributed by atoms with van der Waals surface area (Å²) in [4.78, 5) is 0. The molecule has 0 saturated heterocycles. The molecular formula is C18H18N2O2. The first kappa shape index (κ1) is 14.4. The zero-order valence-corrected chi connectivity index (χ0v) is 12.5. The van der Waals surface area contributed by atoms with E-state index < -0.39 is 0 Å². The SMILES string of the molecule is CNCC1COc2ccccc2C1Oc1ccccc1C#N. The number of benzene rings is 2. The van der Waals surface area contributed by atoms with Gasteiger partial charge in [0.25, 0.3) is 0 Å². The predicted octanol–water partition coefficient (Wildman–Crippen LogP) is 2.91. The van der Waals surface area contributed by atoms with Crippen LogP contribution in [0.3, 0.4) is 0 Å². The quantitative estimate of drug-likeness (QED) is 0.942. The Kier molecular flexibility index (Phi) is 4.27. The zero-order chi connectivity index (χ0) is 15.4. The number of fused-ring (bicyclic) bond motifs is 1. The molecule has 1 heterocycles. The highest BCUT2D eigenvalue weighted by Crippen LogP contribution is 2.38. The molecule has 2 atom stereocenters. The summed E-state index contributed by atoms with van der Waals surface area (Å²) < 4.78 is 12.1. The molecule has 0 aliphatic carbocycles. The van der Waals surface area contributed by atoms with Crippen molar-refractivity contribution in [3.8, 4) is 17.6 Å². The van der Waals surface area contributed by atoms with E-state index in [2.05, 4.69) is 11.4 Å². The van der Waals surface area contributed by atoms with Crippen molar-refractivity contribution in [2.45, 2.75) is 6.10 Å². The lowest BCUT2D eigenvalue weighted by atomic mass is 9.93. The van der Waals surface area contributed by atoms with Gasteiger partial charge < -0.3 is 14.8 Å². The summed E-state index contributed by atoms with van der Waals surface area (Å²) in [5.41, 5.74) is 1.58. The molecule has 2 unspecified atom stereocenters. The Morgan fingerprint density at radius 3 is 2.82 bits per heavy atom. The van der Waals surface area contributed by atoms with Crippen LogP contribution in [-0.4, -0.2) is 20.2 Å². The second-order valence-electron chi connectivity index (χ2n) is 5.31. The van der Waals surface area contributed by atoms with Gasteiger partial charge in [0.15, 0.2) is 0 Å². The van der Waals surface area contributed by atoms with E-state index in [0.717, 1.165) is 17.9 Å². The summed E-state index contributed by atoms with van der Waals surface area (Å²) in [5, 5.41) is 12.4. The summed E-state index contributed by atoms with van der Waals surface area (Å²) in [7, 11) is 1.92. The minimum absolute atomic E-state index is 0.133. The molecule has 0 spiro atoms. The molecule has 0 radical (unpaired) electrons. The molecule has 3 rings (SSSR count). The molecule has 1 N–H and O–H groups in total. The molecule has 0 fully saturated rings. The third kappa shape index (κ3) is 2.76. The van der Waals surface area contributed by atoms with E-state index in [1.807, 2.05) is 49.5 Å². The average molecular weight is 294 g/mol. The Morgan fingerprint density at radius 1 is 1.23 bits per heavy atom. The molecule has 1 aliphatic heterocycles. The maximum Gasteiger partial charge on any atom is 0.138 e. The van der Waals surface area contributed by atoms with Gasteiger partial charge in [0.1, 0.15) is 23.7 Å². The lowest BCUT2D eigenvalue weighted by Crippen LogP contribution is -2.36. The van der Waals surface area contributed by atoms with Gasteiger partial charge in [0.05, 0.1) is 12.2 Å². The van der Waals surface area contributed by atoms with Gasteiger partial charge in [-0.1, -0.05) is 30.3 Å². The molecule has 0 bridgehead atoms. The van der Waals surface area contributed by atoms with Crippen LogP contribution in [-0.2, 0) is 0 Å². The highest BCUT2D eigenvalue weighted by Gasteiger charge is 2.32. The van der Waals surface area contributed by atoms with Gasteiger partial charge >= 0.3 is 0 Å². The predicted molar refractivity (Wildman–Crippen MR) is 83.9 cm³/mol. The molecule has 112 valence electrons. The van der Waals surface area contributed by atoms with Crippen LogP contribution in [0.15, 0.2) is 48.5 Å². The standard InChI is InChI=1S/C18H18N2O2/c1-20-11-14-12-21-17-9-5-3-7-15(17)18(14)22-16-8-4-2-6-13(16)10-19/h2-9,14,18,20H,11-12H2,1H3. The number of hydrogen-bond acceptors (Lipinski definition) is 4. The molecule has 1 aliphatic rings. The second-order valence-corrected chi connectivity index (χ2v) is 5.31. The van der Waals surface area contributed by atoms with Gasteiger partial charge in [0, 0.05) is 18.0 Å². The highest BCUT2D eigenvalue weighted by molar-refractivity contribution is 5.44. The maximum atomic E-state index is 9.25. The molecule has 0 saturated carbocycles. The zero-order valence-electron chi connectivity index (χ0n) is 12.5. The number of nitriles is 1. The third-order valence-corrected chi connectivity index (χ3v) is 3.83. The first-order valence-corrected chi connectivity index (χ1v) is 7.35. The summed E-state index contributed by atoms with van der Waals surface area (Å²) in [5.74, 6) is 1.66. The van der Waals surface area contributed by atoms with Crippen molar-refractivity contribution in [1.82, 2.24) is 5.32 Å². The largest absolute Gasteiger partial charge is 0.493 e. The fourth-order valence-corrected chi connectivity index (χ4v) is 2.77. The molecule has 4 nitrogen and oxygen atoms in total. The summed E-state index contributed by atoms with van der Waals surface area (Å²) >= 11 is 0. The van der Waals surface area contributed by atoms with Gasteiger partial charge in [-0.2, -0.15) is 5.26 Å². The van der Waals surface area contributed by atoms with Gasteiger partial charge in [-0.25, -0.2) is 0 Å². The monoisotopic (exact) mass is 294 g/mol. The van der Waals surface area contributed by atoms with E-state index in [1.54, 1.807) is 6.07 Å². The normalized spacial score (nSPS) is 19.6. The van der Waals surface area contributed by atoms with Crippen molar-refractivity contribution in [3.05, 3.63) is 59.7 Å². The Hall–Kier alpha value is -2.51. The maximum absolute atomic E-state index is 9.25. The van der Waals surface area contributed by atoms with E-state index in [1.165, 1.54) is 0 Å². The Labute approximate surface area is 130 Å². The van der Waals surface area contributed by atoms with Crippen molar-refractivity contribution in [1.29, 1.82) is 5.26 Å². The van der Waals surface area contributed by atoms with Gasteiger partial charge in [-0.15, -0.1) is 0 Å². The molecule has 0 amide bonds. The number of rotatable bonds is 4. The third-order valence-electron chi connectivity index (χ3n) is 3.83. The minimum atomic E-state index is -0.133. The lowest BCUT2D eigenvalue weighted by Gasteiger charge is -2.34. The van der Waals surface area contributed by atoms with Crippen molar-refractivity contribution in [2.24, 2.45) is 5.92 Å². The number of nitrogens with zero attached hydrogens (tertiary/aromatic N) is 1. The molecule has 4 heteroatoms. The van der Waals surface area contributed by atoms with E-state index >= 15 is 0 Å². The highest BCUT2D eigenvalue weighted by atomic mass is 16.5. The molecule has 2 aromatic rings. The van der Waals surface area contributed by atoms with Gasteiger partial charge in [0.2, 0.25) is 0 Å². The van der Waals surface area contributed by atoms with Crippen molar-refractivity contribution < 1.29 is 9.47 Å².